The normalized spacial score (nSPS) is 18.7. The van der Waals surface area contributed by atoms with Gasteiger partial charge in [0.25, 0.3) is 0 Å². The second-order valence-electron chi connectivity index (χ2n) is 8.39. The van der Waals surface area contributed by atoms with E-state index >= 15 is 0 Å². The van der Waals surface area contributed by atoms with Gasteiger partial charge < -0.3 is 10.6 Å². The van der Waals surface area contributed by atoms with Crippen molar-refractivity contribution in [3.8, 4) is 11.1 Å². The van der Waals surface area contributed by atoms with Crippen molar-refractivity contribution in [1.29, 1.82) is 0 Å². The van der Waals surface area contributed by atoms with Crippen LogP contribution in [0, 0.1) is 18.3 Å². The van der Waals surface area contributed by atoms with Gasteiger partial charge in [-0.25, -0.2) is 0 Å². The molecule has 2 aliphatic rings. The van der Waals surface area contributed by atoms with Crippen LogP contribution in [0.15, 0.2) is 48.5 Å². The minimum Gasteiger partial charge on any atom is -0.369 e. The fourth-order valence-electron chi connectivity index (χ4n) is 4.43. The zero-order valence-electron chi connectivity index (χ0n) is 16.5. The maximum atomic E-state index is 12.5. The molecule has 4 nitrogen and oxygen atoms in total. The summed E-state index contributed by atoms with van der Waals surface area (Å²) >= 11 is 0. The summed E-state index contributed by atoms with van der Waals surface area (Å²) in [4.78, 5) is 26.9. The first-order valence-electron chi connectivity index (χ1n) is 10.2. The molecule has 1 saturated carbocycles. The van der Waals surface area contributed by atoms with E-state index in [1.165, 1.54) is 11.1 Å². The summed E-state index contributed by atoms with van der Waals surface area (Å²) in [5.41, 5.74) is 10.1. The Morgan fingerprint density at radius 3 is 2.21 bits per heavy atom. The Labute approximate surface area is 166 Å². The van der Waals surface area contributed by atoms with Gasteiger partial charge in [0, 0.05) is 19.0 Å². The standard InChI is InChI=1S/C24H28N2O2/c1-17-6-2-4-8-20(17)21-9-5-3-7-19(21)16-24(23(25)28)12-14-26(15-13-24)22(27)18-10-11-18/h2-9,18H,10-16H2,1H3,(H2,25,28). The van der Waals surface area contributed by atoms with Gasteiger partial charge in [0.05, 0.1) is 5.41 Å². The molecule has 0 aromatic heterocycles. The molecule has 0 unspecified atom stereocenters. The average Bonchev–Trinajstić information content (AvgIpc) is 3.54. The van der Waals surface area contributed by atoms with E-state index in [4.69, 9.17) is 5.73 Å². The minimum atomic E-state index is -0.584. The van der Waals surface area contributed by atoms with E-state index in [-0.39, 0.29) is 17.7 Å². The topological polar surface area (TPSA) is 63.4 Å². The first-order valence-corrected chi connectivity index (χ1v) is 10.2. The Hall–Kier alpha value is -2.62. The largest absolute Gasteiger partial charge is 0.369 e. The van der Waals surface area contributed by atoms with Gasteiger partial charge in [-0.3, -0.25) is 9.59 Å². The number of carbonyl (C=O) groups excluding carboxylic acids is 2. The fraction of sp³-hybridized carbons (Fsp3) is 0.417. The summed E-state index contributed by atoms with van der Waals surface area (Å²) in [6.45, 7) is 3.37. The lowest BCUT2D eigenvalue weighted by Crippen LogP contribution is -2.50. The highest BCUT2D eigenvalue weighted by Crippen LogP contribution is 2.40. The predicted molar refractivity (Wildman–Crippen MR) is 110 cm³/mol. The molecule has 2 aromatic rings. The van der Waals surface area contributed by atoms with Crippen LogP contribution in [0.3, 0.4) is 0 Å². The van der Waals surface area contributed by atoms with Gasteiger partial charge in [0.15, 0.2) is 0 Å². The van der Waals surface area contributed by atoms with Crippen molar-refractivity contribution >= 4 is 11.8 Å². The van der Waals surface area contributed by atoms with Crippen LogP contribution in [0.4, 0.5) is 0 Å². The molecule has 1 heterocycles. The van der Waals surface area contributed by atoms with Crippen molar-refractivity contribution in [3.63, 3.8) is 0 Å². The first-order chi connectivity index (χ1) is 13.5. The summed E-state index contributed by atoms with van der Waals surface area (Å²) in [5.74, 6) is 0.242. The third-order valence-electron chi connectivity index (χ3n) is 6.46. The molecule has 146 valence electrons. The van der Waals surface area contributed by atoms with Crippen molar-refractivity contribution < 1.29 is 9.59 Å². The number of carbonyl (C=O) groups is 2. The minimum absolute atomic E-state index is 0.225. The Morgan fingerprint density at radius 2 is 1.61 bits per heavy atom. The number of aryl methyl sites for hydroxylation is 1. The molecular weight excluding hydrogens is 348 g/mol. The van der Waals surface area contributed by atoms with E-state index in [0.29, 0.717) is 32.4 Å². The molecule has 1 aliphatic heterocycles. The van der Waals surface area contributed by atoms with Crippen LogP contribution in [0.25, 0.3) is 11.1 Å². The number of likely N-dealkylation sites (tertiary alicyclic amines) is 1. The molecule has 0 bridgehead atoms. The maximum absolute atomic E-state index is 12.5. The molecule has 2 N–H and O–H groups in total. The zero-order chi connectivity index (χ0) is 19.7. The fourth-order valence-corrected chi connectivity index (χ4v) is 4.43. The third-order valence-corrected chi connectivity index (χ3v) is 6.46. The van der Waals surface area contributed by atoms with Crippen LogP contribution >= 0.6 is 0 Å². The zero-order valence-corrected chi connectivity index (χ0v) is 16.5. The van der Waals surface area contributed by atoms with Gasteiger partial charge in [-0.15, -0.1) is 0 Å². The number of benzene rings is 2. The lowest BCUT2D eigenvalue weighted by molar-refractivity contribution is -0.139. The lowest BCUT2D eigenvalue weighted by atomic mass is 9.72. The molecule has 1 aliphatic carbocycles. The maximum Gasteiger partial charge on any atom is 0.225 e. The number of primary amides is 1. The summed E-state index contributed by atoms with van der Waals surface area (Å²) in [6, 6.07) is 16.6. The summed E-state index contributed by atoms with van der Waals surface area (Å²) in [6.07, 6.45) is 3.93. The van der Waals surface area contributed by atoms with E-state index < -0.39 is 5.41 Å². The predicted octanol–water partition coefficient (Wildman–Crippen LogP) is 3.71. The molecule has 2 amide bonds. The second-order valence-corrected chi connectivity index (χ2v) is 8.39. The van der Waals surface area contributed by atoms with Gasteiger partial charge in [-0.1, -0.05) is 48.5 Å². The molecule has 28 heavy (non-hydrogen) atoms. The summed E-state index contributed by atoms with van der Waals surface area (Å²) in [7, 11) is 0. The van der Waals surface area contributed by atoms with Crippen LogP contribution in [0.2, 0.25) is 0 Å². The summed E-state index contributed by atoms with van der Waals surface area (Å²) in [5, 5.41) is 0. The quantitative estimate of drug-likeness (QED) is 0.865. The average molecular weight is 377 g/mol. The highest BCUT2D eigenvalue weighted by Gasteiger charge is 2.43. The molecule has 4 heteroatoms. The molecule has 0 radical (unpaired) electrons. The van der Waals surface area contributed by atoms with Gasteiger partial charge >= 0.3 is 0 Å². The van der Waals surface area contributed by atoms with Gasteiger partial charge in [-0.2, -0.15) is 0 Å². The van der Waals surface area contributed by atoms with Crippen molar-refractivity contribution in [3.05, 3.63) is 59.7 Å². The van der Waals surface area contributed by atoms with Crippen molar-refractivity contribution in [2.75, 3.05) is 13.1 Å². The van der Waals surface area contributed by atoms with Gasteiger partial charge in [-0.05, 0) is 61.3 Å². The van der Waals surface area contributed by atoms with E-state index in [1.54, 1.807) is 0 Å². The number of piperidine rings is 1. The van der Waals surface area contributed by atoms with Crippen molar-refractivity contribution in [1.82, 2.24) is 4.90 Å². The van der Waals surface area contributed by atoms with Crippen LogP contribution in [-0.4, -0.2) is 29.8 Å². The molecular formula is C24H28N2O2. The Bertz CT molecular complexity index is 893. The SMILES string of the molecule is Cc1ccccc1-c1ccccc1CC1(C(N)=O)CCN(C(=O)C2CC2)CC1. The molecule has 2 fully saturated rings. The van der Waals surface area contributed by atoms with E-state index in [2.05, 4.69) is 31.2 Å². The van der Waals surface area contributed by atoms with Crippen molar-refractivity contribution in [2.45, 2.75) is 39.0 Å². The number of hydrogen-bond acceptors (Lipinski definition) is 2. The summed E-state index contributed by atoms with van der Waals surface area (Å²) < 4.78 is 0. The van der Waals surface area contributed by atoms with Crippen LogP contribution in [0.1, 0.15) is 36.8 Å². The Kier molecular flexibility index (Phi) is 4.96. The molecule has 1 saturated heterocycles. The number of amides is 2. The molecule has 4 rings (SSSR count). The number of nitrogens with two attached hydrogens (primary N) is 1. The van der Waals surface area contributed by atoms with Gasteiger partial charge in [0.2, 0.25) is 11.8 Å². The van der Waals surface area contributed by atoms with Crippen LogP contribution < -0.4 is 5.73 Å². The van der Waals surface area contributed by atoms with Crippen molar-refractivity contribution in [2.24, 2.45) is 17.1 Å². The molecule has 0 spiro atoms. The molecule has 0 atom stereocenters. The Morgan fingerprint density at radius 1 is 1.00 bits per heavy atom. The van der Waals surface area contributed by atoms with E-state index in [0.717, 1.165) is 24.0 Å². The van der Waals surface area contributed by atoms with Crippen LogP contribution in [-0.2, 0) is 16.0 Å². The highest BCUT2D eigenvalue weighted by atomic mass is 16.2. The molecule has 2 aromatic carbocycles. The third kappa shape index (κ3) is 3.56. The van der Waals surface area contributed by atoms with E-state index in [9.17, 15) is 9.59 Å². The Balaban J connectivity index is 1.59. The smallest absolute Gasteiger partial charge is 0.225 e. The number of hydrogen-bond donors (Lipinski definition) is 1. The number of rotatable bonds is 5. The first kappa shape index (κ1) is 18.7. The monoisotopic (exact) mass is 376 g/mol. The highest BCUT2D eigenvalue weighted by molar-refractivity contribution is 5.84. The van der Waals surface area contributed by atoms with E-state index in [1.807, 2.05) is 29.2 Å². The number of nitrogens with zero attached hydrogens (tertiary/aromatic N) is 1. The van der Waals surface area contributed by atoms with Gasteiger partial charge in [0.1, 0.15) is 0 Å². The van der Waals surface area contributed by atoms with Crippen LogP contribution in [0.5, 0.6) is 0 Å². The lowest BCUT2D eigenvalue weighted by Gasteiger charge is -2.40. The second kappa shape index (κ2) is 7.42.